The normalized spacial score (nSPS) is 11.6. The highest BCUT2D eigenvalue weighted by molar-refractivity contribution is 7.80. The summed E-state index contributed by atoms with van der Waals surface area (Å²) in [7, 11) is 2.17. The molecule has 1 N–H and O–H groups in total. The smallest absolute Gasteiger partial charge is 0.104 e. The van der Waals surface area contributed by atoms with Gasteiger partial charge in [0.1, 0.15) is 5.82 Å². The molecule has 0 unspecified atom stereocenters. The second-order valence-corrected chi connectivity index (χ2v) is 5.25. The summed E-state index contributed by atoms with van der Waals surface area (Å²) in [6.07, 6.45) is 2.23. The molecule has 4 heteroatoms. The molecule has 0 saturated heterocycles. The van der Waals surface area contributed by atoms with E-state index in [0.717, 1.165) is 48.5 Å². The fraction of sp³-hybridized carbons (Fsp3) is 0.500. The standard InChI is InChI=1S/C14H21N3S/c1-11-15-13-5-4-12(10-14(13)16-11)6-8-17(2)7-3-9-18/h4-5,10,18H,3,6-9H2,1-2H3,(H,15,16). The zero-order valence-electron chi connectivity index (χ0n) is 11.1. The van der Waals surface area contributed by atoms with Crippen molar-refractivity contribution in [2.45, 2.75) is 19.8 Å². The molecule has 0 spiro atoms. The van der Waals surface area contributed by atoms with Crippen LogP contribution in [-0.4, -0.2) is 40.8 Å². The van der Waals surface area contributed by atoms with Gasteiger partial charge in [-0.1, -0.05) is 6.07 Å². The quantitative estimate of drug-likeness (QED) is 0.785. The van der Waals surface area contributed by atoms with Gasteiger partial charge in [0.2, 0.25) is 0 Å². The number of hydrogen-bond acceptors (Lipinski definition) is 3. The van der Waals surface area contributed by atoms with Gasteiger partial charge in [-0.15, -0.1) is 0 Å². The number of nitrogens with zero attached hydrogens (tertiary/aromatic N) is 2. The second kappa shape index (κ2) is 6.25. The number of nitrogens with one attached hydrogen (secondary N) is 1. The van der Waals surface area contributed by atoms with Crippen LogP contribution in [0.5, 0.6) is 0 Å². The summed E-state index contributed by atoms with van der Waals surface area (Å²) in [5.41, 5.74) is 3.56. The van der Waals surface area contributed by atoms with Crippen LogP contribution in [0.15, 0.2) is 18.2 Å². The van der Waals surface area contributed by atoms with E-state index in [1.807, 2.05) is 6.92 Å². The number of imidazole rings is 1. The number of fused-ring (bicyclic) bond motifs is 1. The zero-order chi connectivity index (χ0) is 13.0. The van der Waals surface area contributed by atoms with Gasteiger partial charge < -0.3 is 9.88 Å². The average molecular weight is 263 g/mol. The molecule has 0 aliphatic heterocycles. The van der Waals surface area contributed by atoms with Crippen molar-refractivity contribution in [2.75, 3.05) is 25.9 Å². The van der Waals surface area contributed by atoms with Gasteiger partial charge in [0, 0.05) is 6.54 Å². The van der Waals surface area contributed by atoms with Crippen molar-refractivity contribution in [3.05, 3.63) is 29.6 Å². The number of hydrogen-bond donors (Lipinski definition) is 2. The third-order valence-electron chi connectivity index (χ3n) is 3.14. The maximum Gasteiger partial charge on any atom is 0.104 e. The lowest BCUT2D eigenvalue weighted by atomic mass is 10.1. The van der Waals surface area contributed by atoms with Crippen molar-refractivity contribution in [1.82, 2.24) is 14.9 Å². The molecule has 18 heavy (non-hydrogen) atoms. The summed E-state index contributed by atoms with van der Waals surface area (Å²) in [5.74, 6) is 1.94. The molecule has 1 aromatic heterocycles. The first-order valence-corrected chi connectivity index (χ1v) is 7.07. The Kier molecular flexibility index (Phi) is 4.66. The van der Waals surface area contributed by atoms with E-state index in [0.29, 0.717) is 0 Å². The summed E-state index contributed by atoms with van der Waals surface area (Å²) < 4.78 is 0. The van der Waals surface area contributed by atoms with E-state index in [1.54, 1.807) is 0 Å². The average Bonchev–Trinajstić information content (AvgIpc) is 2.73. The third kappa shape index (κ3) is 3.50. The maximum atomic E-state index is 4.42. The first kappa shape index (κ1) is 13.4. The Morgan fingerprint density at radius 2 is 2.17 bits per heavy atom. The predicted molar refractivity (Wildman–Crippen MR) is 80.5 cm³/mol. The van der Waals surface area contributed by atoms with E-state index >= 15 is 0 Å². The Morgan fingerprint density at radius 1 is 1.33 bits per heavy atom. The first-order chi connectivity index (χ1) is 8.69. The van der Waals surface area contributed by atoms with Gasteiger partial charge in [0.15, 0.2) is 0 Å². The molecule has 0 aliphatic carbocycles. The van der Waals surface area contributed by atoms with Crippen LogP contribution in [0.3, 0.4) is 0 Å². The molecule has 0 bridgehead atoms. The van der Waals surface area contributed by atoms with E-state index in [9.17, 15) is 0 Å². The Bertz CT molecular complexity index is 507. The molecule has 0 fully saturated rings. The third-order valence-corrected chi connectivity index (χ3v) is 3.46. The van der Waals surface area contributed by atoms with Crippen LogP contribution in [0.25, 0.3) is 11.0 Å². The predicted octanol–water partition coefficient (Wildman–Crippen LogP) is 2.67. The lowest BCUT2D eigenvalue weighted by molar-refractivity contribution is 0.340. The van der Waals surface area contributed by atoms with Crippen molar-refractivity contribution in [2.24, 2.45) is 0 Å². The van der Waals surface area contributed by atoms with Gasteiger partial charge in [0.25, 0.3) is 0 Å². The number of likely N-dealkylation sites (N-methyl/N-ethyl adjacent to an activating group) is 1. The molecule has 0 atom stereocenters. The van der Waals surface area contributed by atoms with Gasteiger partial charge in [-0.3, -0.25) is 0 Å². The van der Waals surface area contributed by atoms with Crippen molar-refractivity contribution in [3.8, 4) is 0 Å². The highest BCUT2D eigenvalue weighted by Crippen LogP contribution is 2.14. The molecule has 1 heterocycles. The summed E-state index contributed by atoms with van der Waals surface area (Å²) in [5, 5.41) is 0. The summed E-state index contributed by atoms with van der Waals surface area (Å²) in [4.78, 5) is 10.1. The van der Waals surface area contributed by atoms with Gasteiger partial charge >= 0.3 is 0 Å². The van der Waals surface area contributed by atoms with Crippen LogP contribution in [0, 0.1) is 6.92 Å². The van der Waals surface area contributed by atoms with Crippen LogP contribution in [0.1, 0.15) is 17.8 Å². The summed E-state index contributed by atoms with van der Waals surface area (Å²) in [6.45, 7) is 4.20. The van der Waals surface area contributed by atoms with Gasteiger partial charge in [-0.05, 0) is 56.8 Å². The van der Waals surface area contributed by atoms with Crippen molar-refractivity contribution >= 4 is 23.7 Å². The number of H-pyrrole nitrogens is 1. The Hall–Kier alpha value is -1.00. The number of aryl methyl sites for hydroxylation is 1. The summed E-state index contributed by atoms with van der Waals surface area (Å²) >= 11 is 4.24. The van der Waals surface area contributed by atoms with E-state index < -0.39 is 0 Å². The molecular formula is C14H21N3S. The van der Waals surface area contributed by atoms with E-state index in [-0.39, 0.29) is 0 Å². The minimum Gasteiger partial charge on any atom is -0.342 e. The monoisotopic (exact) mass is 263 g/mol. The fourth-order valence-corrected chi connectivity index (χ4v) is 2.25. The minimum atomic E-state index is 0.962. The van der Waals surface area contributed by atoms with Crippen LogP contribution in [0.2, 0.25) is 0 Å². The highest BCUT2D eigenvalue weighted by Gasteiger charge is 2.02. The largest absolute Gasteiger partial charge is 0.342 e. The maximum absolute atomic E-state index is 4.42. The van der Waals surface area contributed by atoms with E-state index in [1.165, 1.54) is 5.56 Å². The molecule has 98 valence electrons. The number of thiol groups is 1. The SMILES string of the molecule is Cc1nc2ccc(CCN(C)CCCS)cc2[nH]1. The van der Waals surface area contributed by atoms with E-state index in [2.05, 4.69) is 52.7 Å². The van der Waals surface area contributed by atoms with Gasteiger partial charge in [-0.2, -0.15) is 12.6 Å². The Labute approximate surface area is 114 Å². The first-order valence-electron chi connectivity index (χ1n) is 6.43. The number of aromatic amines is 1. The molecule has 3 nitrogen and oxygen atoms in total. The molecular weight excluding hydrogens is 242 g/mol. The zero-order valence-corrected chi connectivity index (χ0v) is 12.0. The molecule has 0 amide bonds. The van der Waals surface area contributed by atoms with Gasteiger partial charge in [0.05, 0.1) is 11.0 Å². The lowest BCUT2D eigenvalue weighted by Gasteiger charge is -2.15. The number of rotatable bonds is 6. The Balaban J connectivity index is 1.95. The van der Waals surface area contributed by atoms with Crippen LogP contribution < -0.4 is 0 Å². The summed E-state index contributed by atoms with van der Waals surface area (Å²) in [6, 6.07) is 6.48. The fourth-order valence-electron chi connectivity index (χ4n) is 2.11. The van der Waals surface area contributed by atoms with Crippen LogP contribution in [-0.2, 0) is 6.42 Å². The van der Waals surface area contributed by atoms with Crippen LogP contribution in [0.4, 0.5) is 0 Å². The number of aromatic nitrogens is 2. The molecule has 0 saturated carbocycles. The highest BCUT2D eigenvalue weighted by atomic mass is 32.1. The number of benzene rings is 1. The van der Waals surface area contributed by atoms with Crippen molar-refractivity contribution < 1.29 is 0 Å². The second-order valence-electron chi connectivity index (χ2n) is 4.80. The Morgan fingerprint density at radius 3 is 2.94 bits per heavy atom. The topological polar surface area (TPSA) is 31.9 Å². The molecule has 1 aromatic carbocycles. The van der Waals surface area contributed by atoms with Crippen molar-refractivity contribution in [3.63, 3.8) is 0 Å². The minimum absolute atomic E-state index is 0.962. The lowest BCUT2D eigenvalue weighted by Crippen LogP contribution is -2.22. The molecule has 0 radical (unpaired) electrons. The van der Waals surface area contributed by atoms with E-state index in [4.69, 9.17) is 0 Å². The van der Waals surface area contributed by atoms with Crippen LogP contribution >= 0.6 is 12.6 Å². The molecule has 2 rings (SSSR count). The molecule has 0 aliphatic rings. The molecule has 2 aromatic rings. The van der Waals surface area contributed by atoms with Gasteiger partial charge in [-0.25, -0.2) is 4.98 Å². The van der Waals surface area contributed by atoms with Crippen molar-refractivity contribution in [1.29, 1.82) is 0 Å².